The van der Waals surface area contributed by atoms with E-state index < -0.39 is 0 Å². The number of aromatic nitrogens is 2. The van der Waals surface area contributed by atoms with E-state index in [0.717, 1.165) is 37.6 Å². The number of pyridine rings is 1. The third-order valence-electron chi connectivity index (χ3n) is 5.31. The van der Waals surface area contributed by atoms with Gasteiger partial charge in [0.05, 0.1) is 32.1 Å². The van der Waals surface area contributed by atoms with Crippen molar-refractivity contribution in [3.05, 3.63) is 35.6 Å². The molecule has 4 heterocycles. The monoisotopic (exact) mass is 388 g/mol. The number of rotatable bonds is 3. The predicted octanol–water partition coefficient (Wildman–Crippen LogP) is 2.31. The topological polar surface area (TPSA) is 67.8 Å². The zero-order valence-electron chi connectivity index (χ0n) is 15.5. The zero-order chi connectivity index (χ0) is 18.7. The van der Waals surface area contributed by atoms with E-state index in [1.165, 1.54) is 0 Å². The highest BCUT2D eigenvalue weighted by atomic mass is 32.1. The Morgan fingerprint density at radius 1 is 1.33 bits per heavy atom. The maximum absolute atomic E-state index is 13.2. The van der Waals surface area contributed by atoms with Gasteiger partial charge < -0.3 is 19.3 Å². The molecular formula is C19H24N4O3S. The zero-order valence-corrected chi connectivity index (χ0v) is 16.3. The summed E-state index contributed by atoms with van der Waals surface area (Å²) in [6.45, 7) is 4.49. The fraction of sp³-hybridized carbons (Fsp3) is 0.526. The van der Waals surface area contributed by atoms with Gasteiger partial charge in [0.15, 0.2) is 5.13 Å². The van der Waals surface area contributed by atoms with Crippen LogP contribution >= 0.6 is 11.3 Å². The van der Waals surface area contributed by atoms with Crippen molar-refractivity contribution in [2.45, 2.75) is 12.8 Å². The van der Waals surface area contributed by atoms with Crippen LogP contribution in [0.4, 0.5) is 5.13 Å². The Morgan fingerprint density at radius 3 is 3.07 bits per heavy atom. The number of ether oxygens (including phenoxy) is 2. The second-order valence-electron chi connectivity index (χ2n) is 7.20. The van der Waals surface area contributed by atoms with Gasteiger partial charge in [-0.1, -0.05) is 0 Å². The van der Waals surface area contributed by atoms with E-state index in [1.54, 1.807) is 36.9 Å². The van der Waals surface area contributed by atoms with E-state index in [4.69, 9.17) is 9.47 Å². The Bertz CT molecular complexity index is 785. The first-order valence-corrected chi connectivity index (χ1v) is 10.1. The maximum atomic E-state index is 13.2. The lowest BCUT2D eigenvalue weighted by atomic mass is 9.80. The smallest absolute Gasteiger partial charge is 0.257 e. The van der Waals surface area contributed by atoms with Gasteiger partial charge in [0, 0.05) is 49.4 Å². The molecule has 1 atom stereocenters. The molecule has 2 aromatic heterocycles. The summed E-state index contributed by atoms with van der Waals surface area (Å²) in [5.41, 5.74) is 0.493. The number of nitrogens with zero attached hydrogens (tertiary/aromatic N) is 4. The molecule has 4 rings (SSSR count). The standard InChI is InChI=1S/C19H24N4O3S/c1-25-16-11-20-5-3-15(16)17(24)22-7-2-4-19(12-22)13-23(8-9-26-14-19)18-21-6-10-27-18/h3,5-6,10-11H,2,4,7-9,12-14H2,1H3. The van der Waals surface area contributed by atoms with Gasteiger partial charge in [0.1, 0.15) is 5.75 Å². The number of hydrogen-bond acceptors (Lipinski definition) is 7. The molecule has 1 spiro atoms. The number of methoxy groups -OCH3 is 1. The highest BCUT2D eigenvalue weighted by molar-refractivity contribution is 7.13. The Labute approximate surface area is 162 Å². The molecule has 1 amide bonds. The van der Waals surface area contributed by atoms with Crippen molar-refractivity contribution in [2.24, 2.45) is 5.41 Å². The summed E-state index contributed by atoms with van der Waals surface area (Å²) in [7, 11) is 1.57. The minimum atomic E-state index is -0.0731. The van der Waals surface area contributed by atoms with Crippen molar-refractivity contribution in [3.8, 4) is 5.75 Å². The van der Waals surface area contributed by atoms with Crippen LogP contribution in [0.5, 0.6) is 5.75 Å². The first-order valence-electron chi connectivity index (χ1n) is 9.20. The van der Waals surface area contributed by atoms with Crippen LogP contribution in [0.2, 0.25) is 0 Å². The van der Waals surface area contributed by atoms with E-state index >= 15 is 0 Å². The van der Waals surface area contributed by atoms with Gasteiger partial charge in [0.25, 0.3) is 5.91 Å². The molecule has 2 fully saturated rings. The summed E-state index contributed by atoms with van der Waals surface area (Å²) in [5.74, 6) is 0.516. The number of anilines is 1. The fourth-order valence-corrected chi connectivity index (χ4v) is 4.72. The normalized spacial score (nSPS) is 23.3. The predicted molar refractivity (Wildman–Crippen MR) is 104 cm³/mol. The lowest BCUT2D eigenvalue weighted by Crippen LogP contribution is -2.52. The van der Waals surface area contributed by atoms with Crippen LogP contribution in [0.3, 0.4) is 0 Å². The highest BCUT2D eigenvalue weighted by Crippen LogP contribution is 2.36. The maximum Gasteiger partial charge on any atom is 0.257 e. The van der Waals surface area contributed by atoms with E-state index in [0.29, 0.717) is 31.1 Å². The van der Waals surface area contributed by atoms with Crippen LogP contribution in [0.1, 0.15) is 23.2 Å². The molecule has 1 unspecified atom stereocenters. The van der Waals surface area contributed by atoms with Crippen LogP contribution < -0.4 is 9.64 Å². The highest BCUT2D eigenvalue weighted by Gasteiger charge is 2.41. The third kappa shape index (κ3) is 3.77. The van der Waals surface area contributed by atoms with Gasteiger partial charge in [-0.05, 0) is 18.9 Å². The lowest BCUT2D eigenvalue weighted by molar-refractivity contribution is 0.0134. The van der Waals surface area contributed by atoms with Crippen LogP contribution in [0.25, 0.3) is 0 Å². The summed E-state index contributed by atoms with van der Waals surface area (Å²) in [5, 5.41) is 3.03. The summed E-state index contributed by atoms with van der Waals surface area (Å²) < 4.78 is 11.3. The Morgan fingerprint density at radius 2 is 2.26 bits per heavy atom. The second kappa shape index (κ2) is 7.82. The molecule has 8 heteroatoms. The minimum absolute atomic E-state index is 0.00151. The van der Waals surface area contributed by atoms with Crippen molar-refractivity contribution in [2.75, 3.05) is 51.4 Å². The number of carbonyl (C=O) groups excluding carboxylic acids is 1. The van der Waals surface area contributed by atoms with Gasteiger partial charge in [0.2, 0.25) is 0 Å². The van der Waals surface area contributed by atoms with Crippen molar-refractivity contribution in [1.29, 1.82) is 0 Å². The van der Waals surface area contributed by atoms with E-state index in [9.17, 15) is 4.79 Å². The largest absolute Gasteiger partial charge is 0.494 e. The van der Waals surface area contributed by atoms with Gasteiger partial charge in [-0.15, -0.1) is 11.3 Å². The molecule has 7 nitrogen and oxygen atoms in total. The van der Waals surface area contributed by atoms with Crippen molar-refractivity contribution in [1.82, 2.24) is 14.9 Å². The molecular weight excluding hydrogens is 364 g/mol. The molecule has 0 radical (unpaired) electrons. The molecule has 0 N–H and O–H groups in total. The average molecular weight is 388 g/mol. The minimum Gasteiger partial charge on any atom is -0.494 e. The van der Waals surface area contributed by atoms with Crippen LogP contribution in [-0.4, -0.2) is 67.3 Å². The Kier molecular flexibility index (Phi) is 5.27. The van der Waals surface area contributed by atoms with Gasteiger partial charge in [-0.2, -0.15) is 0 Å². The molecule has 0 bridgehead atoms. The Balaban J connectivity index is 1.55. The molecule has 0 saturated carbocycles. The number of carbonyl (C=O) groups is 1. The fourth-order valence-electron chi connectivity index (χ4n) is 4.05. The molecule has 2 saturated heterocycles. The molecule has 2 aromatic rings. The van der Waals surface area contributed by atoms with Crippen LogP contribution in [-0.2, 0) is 4.74 Å². The molecule has 2 aliphatic rings. The average Bonchev–Trinajstić information content (AvgIpc) is 3.17. The first-order chi connectivity index (χ1) is 13.2. The quantitative estimate of drug-likeness (QED) is 0.804. The number of hydrogen-bond donors (Lipinski definition) is 0. The van der Waals surface area contributed by atoms with Crippen molar-refractivity contribution < 1.29 is 14.3 Å². The van der Waals surface area contributed by atoms with E-state index in [-0.39, 0.29) is 11.3 Å². The molecule has 0 aromatic carbocycles. The molecule has 0 aliphatic carbocycles. The Hall–Kier alpha value is -2.19. The van der Waals surface area contributed by atoms with E-state index in [1.807, 2.05) is 16.5 Å². The summed E-state index contributed by atoms with van der Waals surface area (Å²) in [4.78, 5) is 25.9. The van der Waals surface area contributed by atoms with Gasteiger partial charge in [-0.3, -0.25) is 9.78 Å². The van der Waals surface area contributed by atoms with Gasteiger partial charge in [-0.25, -0.2) is 4.98 Å². The first kappa shape index (κ1) is 18.2. The summed E-state index contributed by atoms with van der Waals surface area (Å²) >= 11 is 1.65. The third-order valence-corrected chi connectivity index (χ3v) is 6.15. The van der Waals surface area contributed by atoms with Crippen LogP contribution in [0, 0.1) is 5.41 Å². The SMILES string of the molecule is COc1cnccc1C(=O)N1CCCC2(COCCN(c3nccs3)C2)C1. The molecule has 2 aliphatic heterocycles. The molecule has 144 valence electrons. The van der Waals surface area contributed by atoms with Crippen molar-refractivity contribution in [3.63, 3.8) is 0 Å². The number of thiazole rings is 1. The van der Waals surface area contributed by atoms with Crippen molar-refractivity contribution >= 4 is 22.4 Å². The second-order valence-corrected chi connectivity index (χ2v) is 8.07. The summed E-state index contributed by atoms with van der Waals surface area (Å²) in [6.07, 6.45) is 7.07. The molecule has 27 heavy (non-hydrogen) atoms. The number of piperidine rings is 1. The summed E-state index contributed by atoms with van der Waals surface area (Å²) in [6, 6.07) is 1.73. The van der Waals surface area contributed by atoms with Gasteiger partial charge >= 0.3 is 0 Å². The number of likely N-dealkylation sites (tertiary alicyclic amines) is 1. The van der Waals surface area contributed by atoms with E-state index in [2.05, 4.69) is 14.9 Å². The lowest BCUT2D eigenvalue weighted by Gasteiger charge is -2.43. The number of amides is 1. The van der Waals surface area contributed by atoms with Crippen LogP contribution in [0.15, 0.2) is 30.0 Å².